The van der Waals surface area contributed by atoms with E-state index in [0.29, 0.717) is 24.2 Å². The number of fused-ring (bicyclic) bond motifs is 1. The first kappa shape index (κ1) is 12.6. The first-order valence-corrected chi connectivity index (χ1v) is 6.17. The van der Waals surface area contributed by atoms with Gasteiger partial charge in [-0.2, -0.15) is 0 Å². The summed E-state index contributed by atoms with van der Waals surface area (Å²) in [6.45, 7) is 1.75. The summed E-state index contributed by atoms with van der Waals surface area (Å²) >= 11 is 0. The predicted octanol–water partition coefficient (Wildman–Crippen LogP) is 2.45. The lowest BCUT2D eigenvalue weighted by Gasteiger charge is -2.18. The van der Waals surface area contributed by atoms with Crippen LogP contribution in [0.1, 0.15) is 42.1 Å². The molecular formula is C14H16O4. The van der Waals surface area contributed by atoms with E-state index < -0.39 is 12.1 Å². The highest BCUT2D eigenvalue weighted by molar-refractivity contribution is 5.98. The Bertz CT molecular complexity index is 479. The Morgan fingerprint density at radius 2 is 2.22 bits per heavy atom. The van der Waals surface area contributed by atoms with Gasteiger partial charge in [-0.15, -0.1) is 0 Å². The number of ketones is 1. The van der Waals surface area contributed by atoms with Crippen molar-refractivity contribution in [3.63, 3.8) is 0 Å². The van der Waals surface area contributed by atoms with Crippen LogP contribution >= 0.6 is 0 Å². The summed E-state index contributed by atoms with van der Waals surface area (Å²) in [6, 6.07) is 5.27. The quantitative estimate of drug-likeness (QED) is 0.888. The minimum absolute atomic E-state index is 0.116. The van der Waals surface area contributed by atoms with E-state index in [-0.39, 0.29) is 5.78 Å². The number of hydrogen-bond acceptors (Lipinski definition) is 3. The highest BCUT2D eigenvalue weighted by Gasteiger charge is 2.20. The van der Waals surface area contributed by atoms with E-state index in [1.165, 1.54) is 0 Å². The molecule has 96 valence electrons. The molecular weight excluding hydrogens is 232 g/mol. The molecule has 1 aliphatic rings. The van der Waals surface area contributed by atoms with Crippen molar-refractivity contribution in [2.24, 2.45) is 0 Å². The van der Waals surface area contributed by atoms with Gasteiger partial charge in [-0.1, -0.05) is 13.0 Å². The van der Waals surface area contributed by atoms with Crippen molar-refractivity contribution in [2.75, 3.05) is 0 Å². The molecule has 1 aromatic rings. The van der Waals surface area contributed by atoms with E-state index in [1.54, 1.807) is 19.1 Å². The molecule has 0 fully saturated rings. The number of Topliss-reactive ketones (excluding diaryl/α,β-unsaturated/α-hetero) is 1. The molecule has 0 aromatic heterocycles. The monoisotopic (exact) mass is 248 g/mol. The molecule has 1 aliphatic carbocycles. The van der Waals surface area contributed by atoms with Crippen molar-refractivity contribution in [1.29, 1.82) is 0 Å². The summed E-state index contributed by atoms with van der Waals surface area (Å²) in [5.74, 6) is -0.412. The van der Waals surface area contributed by atoms with Crippen LogP contribution in [0.4, 0.5) is 0 Å². The maximum Gasteiger partial charge on any atom is 0.344 e. The average Bonchev–Trinajstić information content (AvgIpc) is 2.36. The number of carbonyl (C=O) groups excluding carboxylic acids is 1. The van der Waals surface area contributed by atoms with Crippen molar-refractivity contribution in [2.45, 2.75) is 38.7 Å². The Hall–Kier alpha value is -1.84. The highest BCUT2D eigenvalue weighted by atomic mass is 16.5. The lowest BCUT2D eigenvalue weighted by Crippen LogP contribution is -2.26. The summed E-state index contributed by atoms with van der Waals surface area (Å²) in [4.78, 5) is 22.7. The summed E-state index contributed by atoms with van der Waals surface area (Å²) in [5, 5.41) is 8.93. The zero-order valence-electron chi connectivity index (χ0n) is 10.3. The number of rotatable bonds is 4. The molecule has 0 heterocycles. The van der Waals surface area contributed by atoms with Crippen molar-refractivity contribution < 1.29 is 19.4 Å². The zero-order chi connectivity index (χ0) is 13.1. The van der Waals surface area contributed by atoms with Crippen LogP contribution in [0.25, 0.3) is 0 Å². The Morgan fingerprint density at radius 3 is 2.89 bits per heavy atom. The number of ether oxygens (including phenoxy) is 1. The number of benzene rings is 1. The molecule has 0 amide bonds. The number of hydrogen-bond donors (Lipinski definition) is 1. The molecule has 4 heteroatoms. The van der Waals surface area contributed by atoms with Gasteiger partial charge >= 0.3 is 5.97 Å². The van der Waals surface area contributed by atoms with Crippen molar-refractivity contribution in [3.8, 4) is 5.75 Å². The van der Waals surface area contributed by atoms with Gasteiger partial charge in [0.2, 0.25) is 0 Å². The number of carboxylic acids is 1. The Kier molecular flexibility index (Phi) is 3.65. The molecule has 1 aromatic carbocycles. The molecule has 18 heavy (non-hydrogen) atoms. The molecule has 0 spiro atoms. The number of aryl methyl sites for hydroxylation is 1. The van der Waals surface area contributed by atoms with Crippen LogP contribution in [0.15, 0.2) is 18.2 Å². The van der Waals surface area contributed by atoms with E-state index in [2.05, 4.69) is 0 Å². The molecule has 1 atom stereocenters. The third-order valence-corrected chi connectivity index (χ3v) is 3.16. The van der Waals surface area contributed by atoms with E-state index in [9.17, 15) is 9.59 Å². The van der Waals surface area contributed by atoms with E-state index in [4.69, 9.17) is 9.84 Å². The van der Waals surface area contributed by atoms with Crippen molar-refractivity contribution in [3.05, 3.63) is 29.3 Å². The number of aliphatic carboxylic acids is 1. The normalized spacial score (nSPS) is 15.9. The molecule has 0 saturated carbocycles. The molecule has 0 radical (unpaired) electrons. The molecule has 0 aliphatic heterocycles. The Labute approximate surface area is 106 Å². The van der Waals surface area contributed by atoms with Crippen LogP contribution in [-0.4, -0.2) is 23.0 Å². The largest absolute Gasteiger partial charge is 0.479 e. The SMILES string of the molecule is CCC(Oc1ccc2c(c1)C(=O)CCC2)C(=O)O. The third-order valence-electron chi connectivity index (χ3n) is 3.16. The van der Waals surface area contributed by atoms with E-state index in [1.807, 2.05) is 6.07 Å². The fourth-order valence-electron chi connectivity index (χ4n) is 2.15. The van der Waals surface area contributed by atoms with Gasteiger partial charge in [0.1, 0.15) is 5.75 Å². The lowest BCUT2D eigenvalue weighted by atomic mass is 9.90. The fraction of sp³-hybridized carbons (Fsp3) is 0.429. The van der Waals surface area contributed by atoms with E-state index in [0.717, 1.165) is 18.4 Å². The first-order chi connectivity index (χ1) is 8.61. The van der Waals surface area contributed by atoms with E-state index >= 15 is 0 Å². The predicted molar refractivity (Wildman–Crippen MR) is 66.1 cm³/mol. The maximum atomic E-state index is 11.8. The second-order valence-electron chi connectivity index (χ2n) is 4.45. The smallest absolute Gasteiger partial charge is 0.344 e. The third kappa shape index (κ3) is 2.53. The topological polar surface area (TPSA) is 63.6 Å². The molecule has 4 nitrogen and oxygen atoms in total. The van der Waals surface area contributed by atoms with Crippen molar-refractivity contribution >= 4 is 11.8 Å². The van der Waals surface area contributed by atoms with Crippen molar-refractivity contribution in [1.82, 2.24) is 0 Å². The summed E-state index contributed by atoms with van der Waals surface area (Å²) in [7, 11) is 0. The van der Waals surface area contributed by atoms with Crippen LogP contribution in [0.3, 0.4) is 0 Å². The maximum absolute atomic E-state index is 11.8. The molecule has 0 saturated heterocycles. The standard InChI is InChI=1S/C14H16O4/c1-2-13(14(16)17)18-10-7-6-9-4-3-5-12(15)11(9)8-10/h6-8,13H,2-5H2,1H3,(H,16,17). The molecule has 1 unspecified atom stereocenters. The number of carboxylic acid groups (broad SMARTS) is 1. The van der Waals surface area contributed by atoms with Gasteiger partial charge in [-0.05, 0) is 37.0 Å². The van der Waals surface area contributed by atoms with Gasteiger partial charge in [0.15, 0.2) is 11.9 Å². The van der Waals surface area contributed by atoms with Crippen LogP contribution in [0.5, 0.6) is 5.75 Å². The van der Waals surface area contributed by atoms with Crippen LogP contribution in [0.2, 0.25) is 0 Å². The van der Waals surface area contributed by atoms with Crippen LogP contribution in [0, 0.1) is 0 Å². The van der Waals surface area contributed by atoms with Gasteiger partial charge in [-0.3, -0.25) is 4.79 Å². The minimum Gasteiger partial charge on any atom is -0.479 e. The van der Waals surface area contributed by atoms with Gasteiger partial charge in [0.25, 0.3) is 0 Å². The number of carbonyl (C=O) groups is 2. The van der Waals surface area contributed by atoms with Gasteiger partial charge in [-0.25, -0.2) is 4.79 Å². The van der Waals surface area contributed by atoms with Gasteiger partial charge < -0.3 is 9.84 Å². The minimum atomic E-state index is -0.985. The second-order valence-corrected chi connectivity index (χ2v) is 4.45. The summed E-state index contributed by atoms with van der Waals surface area (Å²) < 4.78 is 5.39. The summed E-state index contributed by atoms with van der Waals surface area (Å²) in [6.07, 6.45) is 1.88. The molecule has 2 rings (SSSR count). The first-order valence-electron chi connectivity index (χ1n) is 6.17. The molecule has 1 N–H and O–H groups in total. The zero-order valence-corrected chi connectivity index (χ0v) is 10.3. The molecule has 0 bridgehead atoms. The Morgan fingerprint density at radius 1 is 1.44 bits per heavy atom. The fourth-order valence-corrected chi connectivity index (χ4v) is 2.15. The van der Waals surface area contributed by atoms with Crippen LogP contribution < -0.4 is 4.74 Å². The second kappa shape index (κ2) is 5.21. The van der Waals surface area contributed by atoms with Gasteiger partial charge in [0, 0.05) is 12.0 Å². The average molecular weight is 248 g/mol. The Balaban J connectivity index is 2.23. The van der Waals surface area contributed by atoms with Gasteiger partial charge in [0.05, 0.1) is 0 Å². The highest BCUT2D eigenvalue weighted by Crippen LogP contribution is 2.26. The lowest BCUT2D eigenvalue weighted by molar-refractivity contribution is -0.145. The summed E-state index contributed by atoms with van der Waals surface area (Å²) in [5.41, 5.74) is 1.71. The van der Waals surface area contributed by atoms with Crippen LogP contribution in [-0.2, 0) is 11.2 Å².